The number of hydrogen-bond acceptors (Lipinski definition) is 2. The average molecular weight is 303 g/mol. The number of carboxylic acid groups (broad SMARTS) is 1. The lowest BCUT2D eigenvalue weighted by atomic mass is 10.0. The zero-order valence-electron chi connectivity index (χ0n) is 8.82. The van der Waals surface area contributed by atoms with Crippen molar-refractivity contribution in [2.45, 2.75) is 0 Å². The highest BCUT2D eigenvalue weighted by Crippen LogP contribution is 2.36. The van der Waals surface area contributed by atoms with Crippen LogP contribution in [0.2, 0.25) is 15.1 Å². The van der Waals surface area contributed by atoms with Gasteiger partial charge in [-0.1, -0.05) is 40.9 Å². The van der Waals surface area contributed by atoms with E-state index in [9.17, 15) is 4.79 Å². The van der Waals surface area contributed by atoms with Gasteiger partial charge in [0, 0.05) is 17.3 Å². The lowest BCUT2D eigenvalue weighted by Gasteiger charge is -2.08. The molecule has 2 aromatic rings. The maximum atomic E-state index is 11.1. The van der Waals surface area contributed by atoms with Gasteiger partial charge in [-0.3, -0.25) is 0 Å². The topological polar surface area (TPSA) is 50.2 Å². The molecule has 6 heteroatoms. The van der Waals surface area contributed by atoms with Gasteiger partial charge in [0.1, 0.15) is 0 Å². The lowest BCUT2D eigenvalue weighted by molar-refractivity contribution is 0.0691. The third-order valence-electron chi connectivity index (χ3n) is 2.31. The Kier molecular flexibility index (Phi) is 3.76. The molecular formula is C12H6Cl3NO2. The predicted molar refractivity (Wildman–Crippen MR) is 71.7 cm³/mol. The molecule has 0 fully saturated rings. The molecule has 2 rings (SSSR count). The van der Waals surface area contributed by atoms with E-state index < -0.39 is 5.97 Å². The minimum atomic E-state index is -1.13. The van der Waals surface area contributed by atoms with Crippen LogP contribution in [-0.2, 0) is 0 Å². The first-order chi connectivity index (χ1) is 8.50. The highest BCUT2D eigenvalue weighted by Gasteiger charge is 2.16. The van der Waals surface area contributed by atoms with E-state index in [-0.39, 0.29) is 5.69 Å². The van der Waals surface area contributed by atoms with E-state index in [1.165, 1.54) is 18.3 Å². The molecule has 0 aliphatic heterocycles. The summed E-state index contributed by atoms with van der Waals surface area (Å²) in [6.45, 7) is 0. The zero-order chi connectivity index (χ0) is 13.3. The molecule has 1 heterocycles. The Labute approximate surface area is 118 Å². The van der Waals surface area contributed by atoms with Crippen LogP contribution in [0.4, 0.5) is 0 Å². The minimum Gasteiger partial charge on any atom is -0.476 e. The molecule has 1 N–H and O–H groups in total. The van der Waals surface area contributed by atoms with Crippen molar-refractivity contribution in [3.63, 3.8) is 0 Å². The Balaban J connectivity index is 2.69. The first kappa shape index (κ1) is 13.1. The standard InChI is InChI=1S/C12H6Cl3NO2/c13-8-5-10(15)9(14)4-7(8)6-2-1-3-16-11(6)12(17)18/h1-5H,(H,17,18). The number of benzene rings is 1. The van der Waals surface area contributed by atoms with Crippen molar-refractivity contribution in [3.05, 3.63) is 51.2 Å². The Morgan fingerprint density at radius 3 is 2.39 bits per heavy atom. The van der Waals surface area contributed by atoms with Gasteiger partial charge >= 0.3 is 5.97 Å². The summed E-state index contributed by atoms with van der Waals surface area (Å²) in [5.41, 5.74) is 0.794. The largest absolute Gasteiger partial charge is 0.476 e. The van der Waals surface area contributed by atoms with Gasteiger partial charge in [0.25, 0.3) is 0 Å². The number of rotatable bonds is 2. The second-order valence-corrected chi connectivity index (χ2v) is 4.67. The van der Waals surface area contributed by atoms with Crippen molar-refractivity contribution in [2.75, 3.05) is 0 Å². The highest BCUT2D eigenvalue weighted by atomic mass is 35.5. The van der Waals surface area contributed by atoms with E-state index in [0.717, 1.165) is 0 Å². The number of hydrogen-bond donors (Lipinski definition) is 1. The molecule has 1 aromatic heterocycles. The third kappa shape index (κ3) is 2.43. The van der Waals surface area contributed by atoms with Crippen LogP contribution in [0.1, 0.15) is 10.5 Å². The molecule has 0 saturated carbocycles. The maximum Gasteiger partial charge on any atom is 0.355 e. The number of aromatic nitrogens is 1. The van der Waals surface area contributed by atoms with Crippen molar-refractivity contribution in [3.8, 4) is 11.1 Å². The molecule has 3 nitrogen and oxygen atoms in total. The fraction of sp³-hybridized carbons (Fsp3) is 0. The zero-order valence-corrected chi connectivity index (χ0v) is 11.1. The van der Waals surface area contributed by atoms with Gasteiger partial charge in [-0.15, -0.1) is 0 Å². The molecule has 0 atom stereocenters. The molecule has 1 aromatic carbocycles. The molecule has 0 saturated heterocycles. The van der Waals surface area contributed by atoms with E-state index >= 15 is 0 Å². The fourth-order valence-corrected chi connectivity index (χ4v) is 2.17. The van der Waals surface area contributed by atoms with E-state index in [4.69, 9.17) is 39.9 Å². The van der Waals surface area contributed by atoms with E-state index in [2.05, 4.69) is 4.98 Å². The second-order valence-electron chi connectivity index (χ2n) is 3.45. The van der Waals surface area contributed by atoms with Crippen LogP contribution in [0.15, 0.2) is 30.5 Å². The normalized spacial score (nSPS) is 10.4. The summed E-state index contributed by atoms with van der Waals surface area (Å²) in [5.74, 6) is -1.13. The van der Waals surface area contributed by atoms with Crippen molar-refractivity contribution in [1.82, 2.24) is 4.98 Å². The first-order valence-electron chi connectivity index (χ1n) is 4.84. The van der Waals surface area contributed by atoms with Gasteiger partial charge in [0.05, 0.1) is 15.1 Å². The van der Waals surface area contributed by atoms with Crippen molar-refractivity contribution in [2.24, 2.45) is 0 Å². The van der Waals surface area contributed by atoms with Gasteiger partial charge in [-0.2, -0.15) is 0 Å². The molecule has 0 bridgehead atoms. The number of halogens is 3. The fourth-order valence-electron chi connectivity index (χ4n) is 1.52. The predicted octanol–water partition coefficient (Wildman–Crippen LogP) is 4.41. The molecule has 0 amide bonds. The first-order valence-corrected chi connectivity index (χ1v) is 5.97. The van der Waals surface area contributed by atoms with Crippen LogP contribution in [0, 0.1) is 0 Å². The van der Waals surface area contributed by atoms with Crippen LogP contribution in [0.25, 0.3) is 11.1 Å². The van der Waals surface area contributed by atoms with Crippen LogP contribution >= 0.6 is 34.8 Å². The molecule has 18 heavy (non-hydrogen) atoms. The maximum absolute atomic E-state index is 11.1. The van der Waals surface area contributed by atoms with Crippen LogP contribution in [-0.4, -0.2) is 16.1 Å². The van der Waals surface area contributed by atoms with Gasteiger partial charge in [0.15, 0.2) is 5.69 Å². The van der Waals surface area contributed by atoms with Crippen LogP contribution in [0.5, 0.6) is 0 Å². The monoisotopic (exact) mass is 301 g/mol. The molecular weight excluding hydrogens is 296 g/mol. The summed E-state index contributed by atoms with van der Waals surface area (Å²) in [5, 5.41) is 10.0. The summed E-state index contributed by atoms with van der Waals surface area (Å²) in [4.78, 5) is 14.9. The molecule has 92 valence electrons. The quantitative estimate of drug-likeness (QED) is 0.836. The lowest BCUT2D eigenvalue weighted by Crippen LogP contribution is -2.02. The number of aromatic carboxylic acids is 1. The van der Waals surface area contributed by atoms with Crippen LogP contribution < -0.4 is 0 Å². The minimum absolute atomic E-state index is 0.0854. The SMILES string of the molecule is O=C(O)c1ncccc1-c1cc(Cl)c(Cl)cc1Cl. The Hall–Kier alpha value is -1.29. The van der Waals surface area contributed by atoms with E-state index in [0.29, 0.717) is 26.2 Å². The number of nitrogens with zero attached hydrogens (tertiary/aromatic N) is 1. The van der Waals surface area contributed by atoms with E-state index in [1.807, 2.05) is 0 Å². The Morgan fingerprint density at radius 1 is 1.06 bits per heavy atom. The summed E-state index contributed by atoms with van der Waals surface area (Å²) in [6, 6.07) is 6.23. The summed E-state index contributed by atoms with van der Waals surface area (Å²) >= 11 is 17.8. The number of pyridine rings is 1. The molecule has 0 aliphatic rings. The third-order valence-corrected chi connectivity index (χ3v) is 3.35. The Morgan fingerprint density at radius 2 is 1.72 bits per heavy atom. The van der Waals surface area contributed by atoms with Crippen LogP contribution in [0.3, 0.4) is 0 Å². The number of carboxylic acids is 1. The van der Waals surface area contributed by atoms with Gasteiger partial charge < -0.3 is 5.11 Å². The highest BCUT2D eigenvalue weighted by molar-refractivity contribution is 6.44. The molecule has 0 unspecified atom stereocenters. The molecule has 0 radical (unpaired) electrons. The number of carbonyl (C=O) groups is 1. The van der Waals surface area contributed by atoms with Crippen molar-refractivity contribution in [1.29, 1.82) is 0 Å². The van der Waals surface area contributed by atoms with Gasteiger partial charge in [0.2, 0.25) is 0 Å². The van der Waals surface area contributed by atoms with Gasteiger partial charge in [-0.25, -0.2) is 9.78 Å². The van der Waals surface area contributed by atoms with Gasteiger partial charge in [-0.05, 0) is 18.2 Å². The Bertz CT molecular complexity index is 629. The summed E-state index contributed by atoms with van der Waals surface area (Å²) in [6.07, 6.45) is 1.40. The summed E-state index contributed by atoms with van der Waals surface area (Å²) < 4.78 is 0. The molecule has 0 spiro atoms. The second kappa shape index (κ2) is 5.14. The van der Waals surface area contributed by atoms with Crippen molar-refractivity contribution >= 4 is 40.8 Å². The average Bonchev–Trinajstić information content (AvgIpc) is 2.34. The van der Waals surface area contributed by atoms with Crippen molar-refractivity contribution < 1.29 is 9.90 Å². The summed E-state index contributed by atoms with van der Waals surface area (Å²) in [7, 11) is 0. The van der Waals surface area contributed by atoms with E-state index in [1.54, 1.807) is 12.1 Å². The smallest absolute Gasteiger partial charge is 0.355 e. The molecule has 0 aliphatic carbocycles.